The van der Waals surface area contributed by atoms with E-state index in [-0.39, 0.29) is 37.1 Å². The fourth-order valence-electron chi connectivity index (χ4n) is 3.68. The number of benzene rings is 2. The minimum absolute atomic E-state index is 0.00768. The van der Waals surface area contributed by atoms with Gasteiger partial charge in [-0.2, -0.15) is 0 Å². The quantitative estimate of drug-likeness (QED) is 0.641. The van der Waals surface area contributed by atoms with E-state index in [4.69, 9.17) is 7.10 Å². The highest BCUT2D eigenvalue weighted by Gasteiger charge is 2.39. The highest BCUT2D eigenvalue weighted by atomic mass is 19.1. The highest BCUT2D eigenvalue weighted by Crippen LogP contribution is 2.32. The molecule has 2 aliphatic rings. The maximum atomic E-state index is 14.5. The SMILES string of the molecule is [2H][C@@]1(N2Cc3c(NCc4cccc(C(N)=O)c4F)cccc3C2=O)CCC(=O)NC1=O. The lowest BCUT2D eigenvalue weighted by molar-refractivity contribution is -0.136. The molecule has 2 aromatic carbocycles. The van der Waals surface area contributed by atoms with Gasteiger partial charge in [0.25, 0.3) is 11.8 Å². The normalized spacial score (nSPS) is 21.2. The Bertz CT molecular complexity index is 1140. The molecule has 0 aromatic heterocycles. The highest BCUT2D eigenvalue weighted by molar-refractivity contribution is 6.06. The van der Waals surface area contributed by atoms with E-state index in [1.807, 2.05) is 0 Å². The smallest absolute Gasteiger partial charge is 0.255 e. The molecule has 2 heterocycles. The Balaban J connectivity index is 1.59. The molecule has 1 saturated heterocycles. The van der Waals surface area contributed by atoms with E-state index < -0.39 is 35.5 Å². The number of nitrogens with two attached hydrogens (primary N) is 1. The molecule has 4 amide bonds. The Labute approximate surface area is 172 Å². The van der Waals surface area contributed by atoms with Crippen LogP contribution in [0, 0.1) is 5.82 Å². The molecule has 0 aliphatic carbocycles. The van der Waals surface area contributed by atoms with Crippen LogP contribution in [0.1, 0.15) is 46.1 Å². The lowest BCUT2D eigenvalue weighted by Crippen LogP contribution is -2.52. The van der Waals surface area contributed by atoms with Crippen molar-refractivity contribution in [3.63, 3.8) is 0 Å². The summed E-state index contributed by atoms with van der Waals surface area (Å²) >= 11 is 0. The number of halogens is 1. The largest absolute Gasteiger partial charge is 0.381 e. The number of hydrogen-bond donors (Lipinski definition) is 3. The first-order chi connectivity index (χ1) is 14.7. The topological polar surface area (TPSA) is 122 Å². The second-order valence-corrected chi connectivity index (χ2v) is 7.04. The number of imide groups is 1. The summed E-state index contributed by atoms with van der Waals surface area (Å²) in [6.07, 6.45) is -0.124. The van der Waals surface area contributed by atoms with Gasteiger partial charge in [-0.25, -0.2) is 4.39 Å². The fourth-order valence-corrected chi connectivity index (χ4v) is 3.68. The van der Waals surface area contributed by atoms with Crippen molar-refractivity contribution in [2.45, 2.75) is 31.9 Å². The minimum Gasteiger partial charge on any atom is -0.381 e. The van der Waals surface area contributed by atoms with Gasteiger partial charge in [0.05, 0.1) is 6.93 Å². The van der Waals surface area contributed by atoms with E-state index in [0.717, 1.165) is 4.90 Å². The summed E-state index contributed by atoms with van der Waals surface area (Å²) in [5, 5.41) is 5.18. The molecule has 0 spiro atoms. The average Bonchev–Trinajstić information content (AvgIpc) is 3.08. The van der Waals surface area contributed by atoms with Gasteiger partial charge in [-0.05, 0) is 24.6 Å². The van der Waals surface area contributed by atoms with Crippen molar-refractivity contribution in [2.75, 3.05) is 5.32 Å². The van der Waals surface area contributed by atoms with Crippen LogP contribution in [-0.4, -0.2) is 34.5 Å². The van der Waals surface area contributed by atoms with E-state index in [0.29, 0.717) is 16.8 Å². The third kappa shape index (κ3) is 3.38. The molecule has 2 aliphatic heterocycles. The molecule has 0 saturated carbocycles. The predicted octanol–water partition coefficient (Wildman–Crippen LogP) is 1.30. The number of amides is 4. The molecule has 9 heteroatoms. The number of rotatable bonds is 5. The number of piperidine rings is 1. The average molecular weight is 411 g/mol. The Morgan fingerprint density at radius 1 is 1.27 bits per heavy atom. The molecular weight excluding hydrogens is 391 g/mol. The number of hydrogen-bond acceptors (Lipinski definition) is 5. The lowest BCUT2D eigenvalue weighted by atomic mass is 10.0. The molecule has 1 atom stereocenters. The molecular formula is C21H19FN4O4. The first-order valence-corrected chi connectivity index (χ1v) is 9.31. The second kappa shape index (κ2) is 7.58. The van der Waals surface area contributed by atoms with Crippen molar-refractivity contribution in [3.8, 4) is 0 Å². The van der Waals surface area contributed by atoms with Crippen molar-refractivity contribution in [2.24, 2.45) is 5.73 Å². The van der Waals surface area contributed by atoms with Crippen LogP contribution in [0.25, 0.3) is 0 Å². The summed E-state index contributed by atoms with van der Waals surface area (Å²) in [6, 6.07) is 7.37. The number of carbonyl (C=O) groups excluding carboxylic acids is 4. The molecule has 0 radical (unpaired) electrons. The Kier molecular flexibility index (Phi) is 4.62. The third-order valence-electron chi connectivity index (χ3n) is 5.21. The second-order valence-electron chi connectivity index (χ2n) is 7.04. The monoisotopic (exact) mass is 411 g/mol. The number of nitrogens with zero attached hydrogens (tertiary/aromatic N) is 1. The van der Waals surface area contributed by atoms with Gasteiger partial charge < -0.3 is 16.0 Å². The van der Waals surface area contributed by atoms with Crippen LogP contribution in [0.4, 0.5) is 10.1 Å². The van der Waals surface area contributed by atoms with E-state index in [9.17, 15) is 23.6 Å². The van der Waals surface area contributed by atoms with Crippen LogP contribution in [-0.2, 0) is 22.7 Å². The van der Waals surface area contributed by atoms with Gasteiger partial charge in [0, 0.05) is 41.9 Å². The molecule has 4 rings (SSSR count). The maximum absolute atomic E-state index is 14.5. The number of primary amides is 1. The van der Waals surface area contributed by atoms with E-state index in [1.165, 1.54) is 18.2 Å². The van der Waals surface area contributed by atoms with Crippen molar-refractivity contribution < 1.29 is 24.9 Å². The van der Waals surface area contributed by atoms with Crippen molar-refractivity contribution in [1.29, 1.82) is 0 Å². The molecule has 30 heavy (non-hydrogen) atoms. The molecule has 1 fully saturated rings. The lowest BCUT2D eigenvalue weighted by Gasteiger charge is -2.29. The van der Waals surface area contributed by atoms with Gasteiger partial charge in [-0.3, -0.25) is 24.5 Å². The first kappa shape index (κ1) is 18.3. The Morgan fingerprint density at radius 2 is 2.03 bits per heavy atom. The summed E-state index contributed by atoms with van der Waals surface area (Å²) < 4.78 is 23.0. The van der Waals surface area contributed by atoms with Gasteiger partial charge >= 0.3 is 0 Å². The zero-order valence-electron chi connectivity index (χ0n) is 16.8. The van der Waals surface area contributed by atoms with Crippen molar-refractivity contribution in [1.82, 2.24) is 10.2 Å². The first-order valence-electron chi connectivity index (χ1n) is 9.81. The van der Waals surface area contributed by atoms with Crippen LogP contribution in [0.2, 0.25) is 0 Å². The molecule has 0 bridgehead atoms. The third-order valence-corrected chi connectivity index (χ3v) is 5.21. The number of nitrogens with one attached hydrogen (secondary N) is 2. The van der Waals surface area contributed by atoms with Crippen molar-refractivity contribution >= 4 is 29.3 Å². The number of fused-ring (bicyclic) bond motifs is 1. The molecule has 154 valence electrons. The van der Waals surface area contributed by atoms with E-state index in [1.54, 1.807) is 18.2 Å². The van der Waals surface area contributed by atoms with Crippen molar-refractivity contribution in [3.05, 3.63) is 64.5 Å². The predicted molar refractivity (Wildman–Crippen MR) is 105 cm³/mol. The molecule has 4 N–H and O–H groups in total. The molecule has 0 unspecified atom stereocenters. The van der Waals surface area contributed by atoms with Gasteiger partial charge in [-0.15, -0.1) is 0 Å². The minimum atomic E-state index is -1.89. The number of anilines is 1. The molecule has 8 nitrogen and oxygen atoms in total. The van der Waals surface area contributed by atoms with E-state index >= 15 is 0 Å². The van der Waals surface area contributed by atoms with Crippen LogP contribution in [0.3, 0.4) is 0 Å². The van der Waals surface area contributed by atoms with Gasteiger partial charge in [0.1, 0.15) is 11.8 Å². The van der Waals surface area contributed by atoms with Gasteiger partial charge in [0.15, 0.2) is 0 Å². The van der Waals surface area contributed by atoms with Gasteiger partial charge in [0.2, 0.25) is 11.8 Å². The zero-order valence-corrected chi connectivity index (χ0v) is 15.8. The van der Waals surface area contributed by atoms with Crippen LogP contribution in [0.5, 0.6) is 0 Å². The van der Waals surface area contributed by atoms with Crippen LogP contribution in [0.15, 0.2) is 36.4 Å². The summed E-state index contributed by atoms with van der Waals surface area (Å²) in [5.74, 6) is -3.38. The number of carbonyl (C=O) groups is 4. The fraction of sp³-hybridized carbons (Fsp3) is 0.238. The standard InChI is InChI=1S/C21H19FN4O4/c22-18-11(3-1-5-13(18)19(23)28)9-24-15-6-2-4-12-14(15)10-26(21(12)30)16-7-8-17(27)25-20(16)29/h1-6,16,24H,7-10H2,(H2,23,28)(H,25,27,29)/t16-/m1/s1/i16D. The Hall–Kier alpha value is -3.75. The summed E-state index contributed by atoms with van der Waals surface area (Å²) in [7, 11) is 0. The summed E-state index contributed by atoms with van der Waals surface area (Å²) in [6.45, 7) is 0.0187. The summed E-state index contributed by atoms with van der Waals surface area (Å²) in [4.78, 5) is 49.2. The zero-order chi connectivity index (χ0) is 22.3. The molecule has 2 aromatic rings. The van der Waals surface area contributed by atoms with Crippen LogP contribution < -0.4 is 16.4 Å². The van der Waals surface area contributed by atoms with Gasteiger partial charge in [-0.1, -0.05) is 18.2 Å². The van der Waals surface area contributed by atoms with E-state index in [2.05, 4.69) is 10.6 Å². The van der Waals surface area contributed by atoms with Crippen LogP contribution >= 0.6 is 0 Å². The maximum Gasteiger partial charge on any atom is 0.255 e. The summed E-state index contributed by atoms with van der Waals surface area (Å²) in [5.41, 5.74) is 6.62. The Morgan fingerprint density at radius 3 is 2.77 bits per heavy atom.